The zero-order valence-corrected chi connectivity index (χ0v) is 10.8. The molecule has 0 radical (unpaired) electrons. The number of ketones is 1. The Hall–Kier alpha value is -1.31. The van der Waals surface area contributed by atoms with Crippen LogP contribution in [-0.4, -0.2) is 11.9 Å². The molecular weight excluding hydrogens is 212 g/mol. The van der Waals surface area contributed by atoms with Gasteiger partial charge in [0.2, 0.25) is 0 Å². The molecule has 0 aromatic heterocycles. The molecule has 1 aromatic rings. The van der Waals surface area contributed by atoms with Crippen molar-refractivity contribution in [1.82, 2.24) is 0 Å². The molecule has 2 heteroatoms. The van der Waals surface area contributed by atoms with Crippen LogP contribution in [0.1, 0.15) is 46.0 Å². The molecule has 0 saturated carbocycles. The molecule has 0 amide bonds. The minimum Gasteiger partial charge on any atom is -0.490 e. The van der Waals surface area contributed by atoms with Gasteiger partial charge in [0, 0.05) is 6.42 Å². The third-order valence-electron chi connectivity index (χ3n) is 2.69. The molecule has 0 heterocycles. The van der Waals surface area contributed by atoms with Gasteiger partial charge in [0.15, 0.2) is 0 Å². The molecule has 0 fully saturated rings. The zero-order valence-electron chi connectivity index (χ0n) is 10.8. The summed E-state index contributed by atoms with van der Waals surface area (Å²) < 4.78 is 5.85. The maximum atomic E-state index is 11.2. The fourth-order valence-corrected chi connectivity index (χ4v) is 1.84. The van der Waals surface area contributed by atoms with Gasteiger partial charge in [-0.3, -0.25) is 4.79 Å². The number of Topliss-reactive ketones (excluding diaryl/α,β-unsaturated/α-hetero) is 1. The van der Waals surface area contributed by atoms with Crippen molar-refractivity contribution in [1.29, 1.82) is 0 Å². The van der Waals surface area contributed by atoms with Crippen molar-refractivity contribution in [2.75, 3.05) is 0 Å². The number of unbranched alkanes of at least 4 members (excludes halogenated alkanes) is 2. The first kappa shape index (κ1) is 13.8. The number of carbonyl (C=O) groups is 1. The number of rotatable bonds is 8. The van der Waals surface area contributed by atoms with Crippen molar-refractivity contribution in [3.63, 3.8) is 0 Å². The van der Waals surface area contributed by atoms with Crippen molar-refractivity contribution in [2.24, 2.45) is 0 Å². The van der Waals surface area contributed by atoms with E-state index in [1.165, 1.54) is 12.8 Å². The Bertz CT molecular complexity index is 319. The molecule has 17 heavy (non-hydrogen) atoms. The Kier molecular flexibility index (Phi) is 6.38. The second-order valence-electron chi connectivity index (χ2n) is 4.45. The quantitative estimate of drug-likeness (QED) is 0.636. The highest BCUT2D eigenvalue weighted by Gasteiger charge is 2.12. The van der Waals surface area contributed by atoms with Crippen molar-refractivity contribution < 1.29 is 9.53 Å². The Morgan fingerprint density at radius 2 is 1.94 bits per heavy atom. The molecule has 0 N–H and O–H groups in total. The highest BCUT2D eigenvalue weighted by Crippen LogP contribution is 2.17. The summed E-state index contributed by atoms with van der Waals surface area (Å²) in [7, 11) is 0. The summed E-state index contributed by atoms with van der Waals surface area (Å²) in [6.07, 6.45) is 5.02. The van der Waals surface area contributed by atoms with Gasteiger partial charge < -0.3 is 4.74 Å². The van der Waals surface area contributed by atoms with E-state index in [0.29, 0.717) is 6.42 Å². The average molecular weight is 234 g/mol. The van der Waals surface area contributed by atoms with Gasteiger partial charge in [0.25, 0.3) is 0 Å². The molecule has 1 aromatic carbocycles. The summed E-state index contributed by atoms with van der Waals surface area (Å²) in [4.78, 5) is 11.2. The van der Waals surface area contributed by atoms with Crippen LogP contribution < -0.4 is 4.74 Å². The van der Waals surface area contributed by atoms with Gasteiger partial charge in [-0.25, -0.2) is 0 Å². The van der Waals surface area contributed by atoms with Crippen LogP contribution in [0.25, 0.3) is 0 Å². The summed E-state index contributed by atoms with van der Waals surface area (Å²) in [5.41, 5.74) is 0. The Morgan fingerprint density at radius 1 is 1.24 bits per heavy atom. The van der Waals surface area contributed by atoms with E-state index in [0.717, 1.165) is 18.6 Å². The number of ether oxygens (including phenoxy) is 1. The highest BCUT2D eigenvalue weighted by molar-refractivity contribution is 5.76. The minimum absolute atomic E-state index is 0.0291. The summed E-state index contributed by atoms with van der Waals surface area (Å²) in [6.45, 7) is 3.80. The van der Waals surface area contributed by atoms with E-state index in [2.05, 4.69) is 6.92 Å². The summed E-state index contributed by atoms with van der Waals surface area (Å²) in [5.74, 6) is 1.05. The lowest BCUT2D eigenvalue weighted by atomic mass is 10.1. The van der Waals surface area contributed by atoms with E-state index in [-0.39, 0.29) is 11.9 Å². The van der Waals surface area contributed by atoms with Crippen LogP contribution in [-0.2, 0) is 4.79 Å². The van der Waals surface area contributed by atoms with Gasteiger partial charge in [-0.1, -0.05) is 38.0 Å². The molecule has 94 valence electrons. The lowest BCUT2D eigenvalue weighted by Crippen LogP contribution is -2.19. The zero-order chi connectivity index (χ0) is 12.5. The van der Waals surface area contributed by atoms with Gasteiger partial charge in [0.1, 0.15) is 17.6 Å². The molecule has 0 aliphatic rings. The van der Waals surface area contributed by atoms with Crippen LogP contribution >= 0.6 is 0 Å². The van der Waals surface area contributed by atoms with Crippen LogP contribution in [0.15, 0.2) is 30.3 Å². The molecule has 0 saturated heterocycles. The van der Waals surface area contributed by atoms with Crippen LogP contribution in [0.3, 0.4) is 0 Å². The normalized spacial score (nSPS) is 12.1. The van der Waals surface area contributed by atoms with Gasteiger partial charge in [-0.15, -0.1) is 0 Å². The Morgan fingerprint density at radius 3 is 2.53 bits per heavy atom. The first-order valence-corrected chi connectivity index (χ1v) is 6.43. The number of carbonyl (C=O) groups excluding carboxylic acids is 1. The van der Waals surface area contributed by atoms with Crippen molar-refractivity contribution in [3.8, 4) is 5.75 Å². The van der Waals surface area contributed by atoms with E-state index in [1.54, 1.807) is 6.92 Å². The molecular formula is C15H22O2. The summed E-state index contributed by atoms with van der Waals surface area (Å²) >= 11 is 0. The lowest BCUT2D eigenvalue weighted by Gasteiger charge is -2.17. The predicted octanol–water partition coefficient (Wildman–Crippen LogP) is 3.99. The first-order valence-electron chi connectivity index (χ1n) is 6.43. The second-order valence-corrected chi connectivity index (χ2v) is 4.45. The number of benzene rings is 1. The largest absolute Gasteiger partial charge is 0.490 e. The van der Waals surface area contributed by atoms with Crippen LogP contribution in [0.5, 0.6) is 5.75 Å². The Balaban J connectivity index is 2.48. The third kappa shape index (κ3) is 6.10. The maximum Gasteiger partial charge on any atom is 0.133 e. The minimum atomic E-state index is 0.0291. The molecule has 2 nitrogen and oxygen atoms in total. The molecule has 1 rings (SSSR count). The van der Waals surface area contributed by atoms with Gasteiger partial charge in [-0.2, -0.15) is 0 Å². The van der Waals surface area contributed by atoms with E-state index < -0.39 is 0 Å². The predicted molar refractivity (Wildman–Crippen MR) is 70.3 cm³/mol. The van der Waals surface area contributed by atoms with E-state index in [4.69, 9.17) is 4.74 Å². The smallest absolute Gasteiger partial charge is 0.133 e. The van der Waals surface area contributed by atoms with Crippen LogP contribution in [0.2, 0.25) is 0 Å². The van der Waals surface area contributed by atoms with Gasteiger partial charge in [0.05, 0.1) is 0 Å². The molecule has 1 unspecified atom stereocenters. The van der Waals surface area contributed by atoms with Gasteiger partial charge >= 0.3 is 0 Å². The van der Waals surface area contributed by atoms with E-state index >= 15 is 0 Å². The fraction of sp³-hybridized carbons (Fsp3) is 0.533. The molecule has 1 atom stereocenters. The number of hydrogen-bond donors (Lipinski definition) is 0. The molecule has 0 aliphatic carbocycles. The molecule has 0 bridgehead atoms. The SMILES string of the molecule is CCCCCC(CC(C)=O)Oc1ccccc1. The molecule has 0 aliphatic heterocycles. The number of hydrogen-bond acceptors (Lipinski definition) is 2. The second kappa shape index (κ2) is 7.88. The molecule has 0 spiro atoms. The average Bonchev–Trinajstić information content (AvgIpc) is 2.30. The monoisotopic (exact) mass is 234 g/mol. The Labute approximate surface area is 104 Å². The summed E-state index contributed by atoms with van der Waals surface area (Å²) in [5, 5.41) is 0. The topological polar surface area (TPSA) is 26.3 Å². The van der Waals surface area contributed by atoms with Crippen molar-refractivity contribution in [3.05, 3.63) is 30.3 Å². The third-order valence-corrected chi connectivity index (χ3v) is 2.69. The summed E-state index contributed by atoms with van der Waals surface area (Å²) in [6, 6.07) is 9.74. The van der Waals surface area contributed by atoms with E-state index in [1.807, 2.05) is 30.3 Å². The lowest BCUT2D eigenvalue weighted by molar-refractivity contribution is -0.118. The van der Waals surface area contributed by atoms with Gasteiger partial charge in [-0.05, 0) is 31.9 Å². The standard InChI is InChI=1S/C15H22O2/c1-3-4-6-11-15(12-13(2)16)17-14-9-7-5-8-10-14/h5,7-10,15H,3-4,6,11-12H2,1-2H3. The van der Waals surface area contributed by atoms with Crippen LogP contribution in [0.4, 0.5) is 0 Å². The number of para-hydroxylation sites is 1. The van der Waals surface area contributed by atoms with Crippen LogP contribution in [0, 0.1) is 0 Å². The van der Waals surface area contributed by atoms with E-state index in [9.17, 15) is 4.79 Å². The first-order chi connectivity index (χ1) is 8.22. The van der Waals surface area contributed by atoms with Crippen molar-refractivity contribution in [2.45, 2.75) is 52.1 Å². The fourth-order valence-electron chi connectivity index (χ4n) is 1.84. The van der Waals surface area contributed by atoms with Crippen molar-refractivity contribution >= 4 is 5.78 Å². The highest BCUT2D eigenvalue weighted by atomic mass is 16.5. The maximum absolute atomic E-state index is 11.2.